The molecule has 6 heteroatoms. The number of hydrogen-bond acceptors (Lipinski definition) is 5. The van der Waals surface area contributed by atoms with Crippen molar-refractivity contribution in [3.63, 3.8) is 0 Å². The van der Waals surface area contributed by atoms with Crippen LogP contribution in [0.2, 0.25) is 0 Å². The molecule has 0 radical (unpaired) electrons. The predicted octanol–water partition coefficient (Wildman–Crippen LogP) is 5.74. The van der Waals surface area contributed by atoms with Gasteiger partial charge in [0.25, 0.3) is 5.91 Å². The van der Waals surface area contributed by atoms with Crippen LogP contribution in [0.25, 0.3) is 10.2 Å². The van der Waals surface area contributed by atoms with Gasteiger partial charge in [0.05, 0.1) is 24.5 Å². The van der Waals surface area contributed by atoms with Crippen molar-refractivity contribution in [2.24, 2.45) is 0 Å². The molecule has 0 aliphatic carbocycles. The Kier molecular flexibility index (Phi) is 6.04. The lowest BCUT2D eigenvalue weighted by molar-refractivity contribution is 0.0917. The number of nitrogens with zero attached hydrogens (tertiary/aromatic N) is 2. The van der Waals surface area contributed by atoms with Crippen LogP contribution in [0.1, 0.15) is 55.1 Å². The molecule has 3 aromatic rings. The van der Waals surface area contributed by atoms with Crippen molar-refractivity contribution in [2.75, 3.05) is 25.2 Å². The lowest BCUT2D eigenvalue weighted by Gasteiger charge is -2.24. The first kappa shape index (κ1) is 21.8. The Hall–Kier alpha value is -2.44. The molecule has 1 fully saturated rings. The number of aryl methyl sites for hydroxylation is 1. The van der Waals surface area contributed by atoms with E-state index in [1.54, 1.807) is 12.0 Å². The van der Waals surface area contributed by atoms with Gasteiger partial charge in [-0.2, -0.15) is 0 Å². The molecule has 2 aromatic carbocycles. The third kappa shape index (κ3) is 4.46. The van der Waals surface area contributed by atoms with E-state index in [0.717, 1.165) is 41.0 Å². The number of benzene rings is 2. The van der Waals surface area contributed by atoms with E-state index in [-0.39, 0.29) is 17.4 Å². The van der Waals surface area contributed by atoms with Crippen LogP contribution in [0.5, 0.6) is 5.75 Å². The Bertz CT molecular complexity index is 1080. The molecule has 1 amide bonds. The van der Waals surface area contributed by atoms with Gasteiger partial charge in [-0.15, -0.1) is 0 Å². The minimum atomic E-state index is -0.0494. The Balaban J connectivity index is 1.73. The number of amides is 1. The van der Waals surface area contributed by atoms with Crippen molar-refractivity contribution in [1.82, 2.24) is 4.98 Å². The van der Waals surface area contributed by atoms with Gasteiger partial charge in [-0.05, 0) is 54.5 Å². The van der Waals surface area contributed by atoms with Gasteiger partial charge in [0.15, 0.2) is 5.13 Å². The highest BCUT2D eigenvalue weighted by Crippen LogP contribution is 2.37. The Morgan fingerprint density at radius 3 is 2.58 bits per heavy atom. The van der Waals surface area contributed by atoms with Gasteiger partial charge in [0.1, 0.15) is 11.3 Å². The quantitative estimate of drug-likeness (QED) is 0.510. The van der Waals surface area contributed by atoms with Gasteiger partial charge in [-0.25, -0.2) is 4.98 Å². The maximum atomic E-state index is 13.6. The molecule has 0 saturated carbocycles. The predicted molar refractivity (Wildman–Crippen MR) is 127 cm³/mol. The molecular formula is C25H30N2O3S. The standard InChI is InChI=1S/C25H30N2O3S/c1-16-8-13-20(29-5)21-22(16)31-24(26-21)27(15-19-7-6-14-30-19)23(28)17-9-11-18(12-10-17)25(2,3)4/h8-13,19H,6-7,14-15H2,1-5H3. The number of thiazole rings is 1. The van der Waals surface area contributed by atoms with Crippen LogP contribution in [0, 0.1) is 6.92 Å². The fourth-order valence-electron chi connectivity index (χ4n) is 3.89. The highest BCUT2D eigenvalue weighted by atomic mass is 32.1. The monoisotopic (exact) mass is 438 g/mol. The van der Waals surface area contributed by atoms with Crippen LogP contribution in [0.15, 0.2) is 36.4 Å². The van der Waals surface area contributed by atoms with Crippen LogP contribution in [-0.2, 0) is 10.2 Å². The normalized spacial score (nSPS) is 16.6. The van der Waals surface area contributed by atoms with Gasteiger partial charge in [-0.1, -0.05) is 50.3 Å². The summed E-state index contributed by atoms with van der Waals surface area (Å²) in [6.07, 6.45) is 2.02. The molecular weight excluding hydrogens is 408 g/mol. The highest BCUT2D eigenvalue weighted by Gasteiger charge is 2.28. The highest BCUT2D eigenvalue weighted by molar-refractivity contribution is 7.22. The summed E-state index contributed by atoms with van der Waals surface area (Å²) in [6, 6.07) is 11.9. The molecule has 5 nitrogen and oxygen atoms in total. The average Bonchev–Trinajstić information content (AvgIpc) is 3.42. The number of rotatable bonds is 5. The first-order valence-corrected chi connectivity index (χ1v) is 11.6. The third-order valence-electron chi connectivity index (χ3n) is 5.80. The van der Waals surface area contributed by atoms with Crippen molar-refractivity contribution in [1.29, 1.82) is 0 Å². The Labute approximate surface area is 188 Å². The summed E-state index contributed by atoms with van der Waals surface area (Å²) in [5, 5.41) is 0.683. The van der Waals surface area contributed by atoms with E-state index in [1.807, 2.05) is 36.4 Å². The minimum Gasteiger partial charge on any atom is -0.494 e. The molecule has 1 atom stereocenters. The van der Waals surface area contributed by atoms with Crippen molar-refractivity contribution in [3.05, 3.63) is 53.1 Å². The fraction of sp³-hybridized carbons (Fsp3) is 0.440. The zero-order valence-electron chi connectivity index (χ0n) is 18.9. The lowest BCUT2D eigenvalue weighted by Crippen LogP contribution is -2.37. The van der Waals surface area contributed by atoms with Crippen molar-refractivity contribution in [2.45, 2.75) is 52.1 Å². The van der Waals surface area contributed by atoms with Gasteiger partial charge >= 0.3 is 0 Å². The molecule has 1 aliphatic rings. The van der Waals surface area contributed by atoms with Crippen LogP contribution >= 0.6 is 11.3 Å². The second kappa shape index (κ2) is 8.60. The van der Waals surface area contributed by atoms with E-state index in [2.05, 4.69) is 27.7 Å². The number of aromatic nitrogens is 1. The Morgan fingerprint density at radius 2 is 1.97 bits per heavy atom. The summed E-state index contributed by atoms with van der Waals surface area (Å²) in [7, 11) is 1.65. The van der Waals surface area contributed by atoms with E-state index in [4.69, 9.17) is 14.5 Å². The summed E-state index contributed by atoms with van der Waals surface area (Å²) < 4.78 is 12.4. The van der Waals surface area contributed by atoms with Gasteiger partial charge in [-0.3, -0.25) is 9.69 Å². The van der Waals surface area contributed by atoms with E-state index in [0.29, 0.717) is 17.2 Å². The van der Waals surface area contributed by atoms with Crippen LogP contribution in [0.4, 0.5) is 5.13 Å². The lowest BCUT2D eigenvalue weighted by atomic mass is 9.86. The second-order valence-electron chi connectivity index (χ2n) is 9.14. The molecule has 1 saturated heterocycles. The van der Waals surface area contributed by atoms with Gasteiger partial charge in [0, 0.05) is 12.2 Å². The van der Waals surface area contributed by atoms with Crippen molar-refractivity contribution < 1.29 is 14.3 Å². The molecule has 0 bridgehead atoms. The Morgan fingerprint density at radius 1 is 1.23 bits per heavy atom. The van der Waals surface area contributed by atoms with E-state index < -0.39 is 0 Å². The number of carbonyl (C=O) groups excluding carboxylic acids is 1. The second-order valence-corrected chi connectivity index (χ2v) is 10.1. The van der Waals surface area contributed by atoms with E-state index in [1.165, 1.54) is 16.9 Å². The average molecular weight is 439 g/mol. The van der Waals surface area contributed by atoms with Gasteiger partial charge < -0.3 is 9.47 Å². The van der Waals surface area contributed by atoms with Crippen LogP contribution < -0.4 is 9.64 Å². The minimum absolute atomic E-state index is 0.0350. The van der Waals surface area contributed by atoms with Crippen LogP contribution in [-0.4, -0.2) is 37.3 Å². The summed E-state index contributed by atoms with van der Waals surface area (Å²) in [5.41, 5.74) is 3.83. The number of ether oxygens (including phenoxy) is 2. The largest absolute Gasteiger partial charge is 0.494 e. The molecule has 1 aliphatic heterocycles. The molecule has 31 heavy (non-hydrogen) atoms. The number of anilines is 1. The summed E-state index contributed by atoms with van der Waals surface area (Å²) >= 11 is 1.53. The van der Waals surface area contributed by atoms with E-state index >= 15 is 0 Å². The zero-order chi connectivity index (χ0) is 22.2. The summed E-state index contributed by atoms with van der Waals surface area (Å²) in [4.78, 5) is 20.2. The van der Waals surface area contributed by atoms with Crippen LogP contribution in [0.3, 0.4) is 0 Å². The van der Waals surface area contributed by atoms with E-state index in [9.17, 15) is 4.79 Å². The molecule has 2 heterocycles. The molecule has 164 valence electrons. The molecule has 1 unspecified atom stereocenters. The molecule has 0 N–H and O–H groups in total. The summed E-state index contributed by atoms with van der Waals surface area (Å²) in [5.74, 6) is 0.675. The first-order chi connectivity index (χ1) is 14.8. The number of carbonyl (C=O) groups is 1. The van der Waals surface area contributed by atoms with Crippen molar-refractivity contribution >= 4 is 32.6 Å². The number of hydrogen-bond donors (Lipinski definition) is 0. The number of fused-ring (bicyclic) bond motifs is 1. The number of methoxy groups -OCH3 is 1. The molecule has 1 aromatic heterocycles. The third-order valence-corrected chi connectivity index (χ3v) is 7.01. The SMILES string of the molecule is COc1ccc(C)c2sc(N(CC3CCCO3)C(=O)c3ccc(C(C)(C)C)cc3)nc12. The topological polar surface area (TPSA) is 51.7 Å². The first-order valence-electron chi connectivity index (χ1n) is 10.8. The zero-order valence-corrected chi connectivity index (χ0v) is 19.7. The molecule has 4 rings (SSSR count). The maximum absolute atomic E-state index is 13.6. The fourth-order valence-corrected chi connectivity index (χ4v) is 4.95. The smallest absolute Gasteiger partial charge is 0.260 e. The van der Waals surface area contributed by atoms with Crippen molar-refractivity contribution in [3.8, 4) is 5.75 Å². The summed E-state index contributed by atoms with van der Waals surface area (Å²) in [6.45, 7) is 9.82. The van der Waals surface area contributed by atoms with Gasteiger partial charge in [0.2, 0.25) is 0 Å². The maximum Gasteiger partial charge on any atom is 0.260 e. The molecule has 0 spiro atoms.